The Hall–Kier alpha value is -1.44. The number of hydrazine groups is 1. The molecule has 0 aromatic carbocycles. The lowest BCUT2D eigenvalue weighted by Crippen LogP contribution is -2.07. The maximum atomic E-state index is 4.19. The SMILES string of the molecule is C=C(CC/C=C\C)N1C(C)N1C1=CC=CCC1. The lowest BCUT2D eigenvalue weighted by molar-refractivity contribution is 0.402. The van der Waals surface area contributed by atoms with E-state index in [1.54, 1.807) is 0 Å². The van der Waals surface area contributed by atoms with E-state index in [1.165, 1.54) is 11.4 Å². The number of rotatable bonds is 5. The summed E-state index contributed by atoms with van der Waals surface area (Å²) in [5.74, 6) is 0. The van der Waals surface area contributed by atoms with Crippen molar-refractivity contribution in [3.8, 4) is 0 Å². The quantitative estimate of drug-likeness (QED) is 0.520. The van der Waals surface area contributed by atoms with Crippen LogP contribution in [0.25, 0.3) is 0 Å². The second-order valence-corrected chi connectivity index (χ2v) is 4.62. The van der Waals surface area contributed by atoms with Crippen molar-refractivity contribution in [2.24, 2.45) is 0 Å². The summed E-state index contributed by atoms with van der Waals surface area (Å²) in [6.45, 7) is 8.49. The summed E-state index contributed by atoms with van der Waals surface area (Å²) in [6, 6.07) is 0. The molecule has 2 heteroatoms. The van der Waals surface area contributed by atoms with Crippen LogP contribution in [-0.4, -0.2) is 16.2 Å². The molecule has 0 aromatic rings. The summed E-state index contributed by atoms with van der Waals surface area (Å²) < 4.78 is 0. The van der Waals surface area contributed by atoms with E-state index >= 15 is 0 Å². The Morgan fingerprint density at radius 3 is 3.06 bits per heavy atom. The maximum absolute atomic E-state index is 4.19. The summed E-state index contributed by atoms with van der Waals surface area (Å²) in [6.07, 6.45) is 15.8. The molecule has 1 unspecified atom stereocenters. The molecular formula is C15H22N2. The van der Waals surface area contributed by atoms with E-state index in [2.05, 4.69) is 60.8 Å². The largest absolute Gasteiger partial charge is 0.264 e. The van der Waals surface area contributed by atoms with Crippen LogP contribution in [0.15, 0.2) is 48.4 Å². The average molecular weight is 230 g/mol. The Bertz CT molecular complexity index is 376. The molecule has 0 aromatic heterocycles. The molecule has 1 aliphatic carbocycles. The first-order chi connectivity index (χ1) is 8.25. The van der Waals surface area contributed by atoms with Gasteiger partial charge in [-0.3, -0.25) is 10.0 Å². The lowest BCUT2D eigenvalue weighted by Gasteiger charge is -2.13. The number of hydrogen-bond donors (Lipinski definition) is 0. The molecule has 92 valence electrons. The van der Waals surface area contributed by atoms with Gasteiger partial charge in [0.25, 0.3) is 0 Å². The van der Waals surface area contributed by atoms with Crippen LogP contribution in [0.2, 0.25) is 0 Å². The summed E-state index contributed by atoms with van der Waals surface area (Å²) in [7, 11) is 0. The molecule has 2 rings (SSSR count). The highest BCUT2D eigenvalue weighted by atomic mass is 15.9. The first kappa shape index (κ1) is 12.0. The smallest absolute Gasteiger partial charge is 0.137 e. The number of allylic oxidation sites excluding steroid dienone is 7. The molecule has 0 radical (unpaired) electrons. The predicted molar refractivity (Wildman–Crippen MR) is 72.8 cm³/mol. The molecule has 0 bridgehead atoms. The van der Waals surface area contributed by atoms with Gasteiger partial charge in [0.1, 0.15) is 6.17 Å². The van der Waals surface area contributed by atoms with Crippen molar-refractivity contribution in [2.75, 3.05) is 0 Å². The van der Waals surface area contributed by atoms with Gasteiger partial charge in [-0.15, -0.1) is 0 Å². The number of hydrogen-bond acceptors (Lipinski definition) is 2. The summed E-state index contributed by atoms with van der Waals surface area (Å²) in [4.78, 5) is 0. The summed E-state index contributed by atoms with van der Waals surface area (Å²) in [5.41, 5.74) is 2.65. The molecular weight excluding hydrogens is 208 g/mol. The minimum atomic E-state index is 0.492. The Morgan fingerprint density at radius 1 is 1.59 bits per heavy atom. The third kappa shape index (κ3) is 2.63. The molecule has 0 N–H and O–H groups in total. The van der Waals surface area contributed by atoms with Crippen molar-refractivity contribution in [3.05, 3.63) is 48.4 Å². The normalized spacial score (nSPS) is 23.2. The highest BCUT2D eigenvalue weighted by molar-refractivity contribution is 5.21. The minimum absolute atomic E-state index is 0.492. The number of nitrogens with zero attached hydrogens (tertiary/aromatic N) is 2. The fraction of sp³-hybridized carbons (Fsp3) is 0.467. The van der Waals surface area contributed by atoms with Crippen molar-refractivity contribution in [1.82, 2.24) is 10.0 Å². The van der Waals surface area contributed by atoms with Crippen LogP contribution < -0.4 is 0 Å². The monoisotopic (exact) mass is 230 g/mol. The van der Waals surface area contributed by atoms with E-state index in [0.717, 1.165) is 25.7 Å². The third-order valence-electron chi connectivity index (χ3n) is 3.33. The molecule has 1 atom stereocenters. The minimum Gasteiger partial charge on any atom is -0.264 e. The van der Waals surface area contributed by atoms with Gasteiger partial charge in [0.05, 0.1) is 0 Å². The third-order valence-corrected chi connectivity index (χ3v) is 3.33. The topological polar surface area (TPSA) is 6.02 Å². The zero-order valence-corrected chi connectivity index (χ0v) is 10.9. The van der Waals surface area contributed by atoms with Crippen LogP contribution in [-0.2, 0) is 0 Å². The van der Waals surface area contributed by atoms with Crippen LogP contribution in [0.5, 0.6) is 0 Å². The van der Waals surface area contributed by atoms with E-state index in [9.17, 15) is 0 Å². The van der Waals surface area contributed by atoms with Crippen molar-refractivity contribution in [2.45, 2.75) is 45.7 Å². The fourth-order valence-electron chi connectivity index (χ4n) is 2.37. The van der Waals surface area contributed by atoms with Crippen LogP contribution in [0, 0.1) is 0 Å². The van der Waals surface area contributed by atoms with Gasteiger partial charge in [-0.05, 0) is 45.6 Å². The predicted octanol–water partition coefficient (Wildman–Crippen LogP) is 3.97. The van der Waals surface area contributed by atoms with Gasteiger partial charge in [-0.25, -0.2) is 0 Å². The molecule has 17 heavy (non-hydrogen) atoms. The second kappa shape index (κ2) is 5.26. The molecule has 2 aliphatic rings. The van der Waals surface area contributed by atoms with Gasteiger partial charge in [-0.2, -0.15) is 0 Å². The van der Waals surface area contributed by atoms with Crippen LogP contribution in [0.1, 0.15) is 39.5 Å². The molecule has 1 heterocycles. The fourth-order valence-corrected chi connectivity index (χ4v) is 2.37. The highest BCUT2D eigenvalue weighted by Crippen LogP contribution is 2.38. The van der Waals surface area contributed by atoms with Gasteiger partial charge in [0.2, 0.25) is 0 Å². The van der Waals surface area contributed by atoms with E-state index in [1.807, 2.05) is 0 Å². The van der Waals surface area contributed by atoms with Crippen molar-refractivity contribution in [3.63, 3.8) is 0 Å². The van der Waals surface area contributed by atoms with Gasteiger partial charge in [0.15, 0.2) is 0 Å². The lowest BCUT2D eigenvalue weighted by atomic mass is 10.1. The average Bonchev–Trinajstić information content (AvgIpc) is 3.02. The summed E-state index contributed by atoms with van der Waals surface area (Å²) >= 11 is 0. The Labute approximate surface area is 105 Å². The maximum Gasteiger partial charge on any atom is 0.137 e. The van der Waals surface area contributed by atoms with Gasteiger partial charge >= 0.3 is 0 Å². The zero-order valence-electron chi connectivity index (χ0n) is 10.9. The van der Waals surface area contributed by atoms with Crippen LogP contribution >= 0.6 is 0 Å². The van der Waals surface area contributed by atoms with Gasteiger partial charge in [0, 0.05) is 11.4 Å². The van der Waals surface area contributed by atoms with Crippen molar-refractivity contribution < 1.29 is 0 Å². The molecule has 1 aliphatic heterocycles. The van der Waals surface area contributed by atoms with Crippen molar-refractivity contribution in [1.29, 1.82) is 0 Å². The van der Waals surface area contributed by atoms with E-state index in [4.69, 9.17) is 0 Å². The van der Waals surface area contributed by atoms with E-state index in [0.29, 0.717) is 6.17 Å². The molecule has 1 fully saturated rings. The van der Waals surface area contributed by atoms with Crippen LogP contribution in [0.4, 0.5) is 0 Å². The van der Waals surface area contributed by atoms with E-state index < -0.39 is 0 Å². The van der Waals surface area contributed by atoms with Crippen LogP contribution in [0.3, 0.4) is 0 Å². The van der Waals surface area contributed by atoms with Crippen molar-refractivity contribution >= 4 is 0 Å². The standard InChI is InChI=1S/C15H22N2/c1-4-5-7-10-13(2)16-14(3)17(16)15-11-8-6-9-12-15/h4-6,8,11,14H,2,7,9-10,12H2,1,3H3/b5-4-. The van der Waals surface area contributed by atoms with Gasteiger partial charge in [-0.1, -0.05) is 30.9 Å². The first-order valence-corrected chi connectivity index (χ1v) is 6.48. The molecule has 0 spiro atoms. The molecule has 0 amide bonds. The second-order valence-electron chi connectivity index (χ2n) is 4.62. The summed E-state index contributed by atoms with van der Waals surface area (Å²) in [5, 5.41) is 4.68. The Morgan fingerprint density at radius 2 is 2.41 bits per heavy atom. The highest BCUT2D eigenvalue weighted by Gasteiger charge is 2.42. The molecule has 0 saturated carbocycles. The molecule has 1 saturated heterocycles. The van der Waals surface area contributed by atoms with E-state index in [-0.39, 0.29) is 0 Å². The Balaban J connectivity index is 1.89. The zero-order chi connectivity index (χ0) is 12.3. The Kier molecular flexibility index (Phi) is 3.72. The molecule has 2 nitrogen and oxygen atoms in total. The van der Waals surface area contributed by atoms with Gasteiger partial charge < -0.3 is 0 Å². The first-order valence-electron chi connectivity index (χ1n) is 6.48.